The fraction of sp³-hybridized carbons (Fsp3) is 0.286. The van der Waals surface area contributed by atoms with Gasteiger partial charge in [-0.1, -0.05) is 0 Å². The minimum Gasteiger partial charge on any atom is -0.373 e. The lowest BCUT2D eigenvalue weighted by molar-refractivity contribution is -0.138. The lowest BCUT2D eigenvalue weighted by Gasteiger charge is -2.14. The molecule has 3 rings (SSSR count). The topological polar surface area (TPSA) is 95.6 Å². The Morgan fingerprint density at radius 2 is 1.90 bits per heavy atom. The van der Waals surface area contributed by atoms with Crippen LogP contribution in [0.5, 0.6) is 0 Å². The van der Waals surface area contributed by atoms with E-state index in [1.807, 2.05) is 0 Å². The van der Waals surface area contributed by atoms with Crippen LogP contribution in [0.15, 0.2) is 18.2 Å². The van der Waals surface area contributed by atoms with Gasteiger partial charge in [0, 0.05) is 12.2 Å². The van der Waals surface area contributed by atoms with Gasteiger partial charge in [-0.05, 0) is 25.1 Å². The Kier molecular flexibility index (Phi) is 2.97. The van der Waals surface area contributed by atoms with E-state index in [2.05, 4.69) is 10.6 Å². The molecule has 21 heavy (non-hydrogen) atoms. The van der Waals surface area contributed by atoms with Crippen molar-refractivity contribution in [1.29, 1.82) is 0 Å². The summed E-state index contributed by atoms with van der Waals surface area (Å²) >= 11 is 0. The van der Waals surface area contributed by atoms with Gasteiger partial charge in [0.15, 0.2) is 0 Å². The molecule has 1 atom stereocenters. The molecule has 4 amide bonds. The molecule has 0 saturated carbocycles. The van der Waals surface area contributed by atoms with E-state index >= 15 is 0 Å². The first-order valence-corrected chi connectivity index (χ1v) is 6.61. The third-order valence-corrected chi connectivity index (χ3v) is 3.64. The fourth-order valence-corrected chi connectivity index (χ4v) is 2.59. The van der Waals surface area contributed by atoms with Crippen molar-refractivity contribution >= 4 is 29.3 Å². The molecule has 0 bridgehead atoms. The van der Waals surface area contributed by atoms with Crippen molar-refractivity contribution in [3.05, 3.63) is 29.3 Å². The van der Waals surface area contributed by atoms with E-state index < -0.39 is 17.9 Å². The summed E-state index contributed by atoms with van der Waals surface area (Å²) in [5.74, 6) is -1.37. The van der Waals surface area contributed by atoms with E-state index in [1.165, 1.54) is 17.0 Å². The minimum absolute atomic E-state index is 0.0921. The van der Waals surface area contributed by atoms with Gasteiger partial charge in [0.2, 0.25) is 5.91 Å². The van der Waals surface area contributed by atoms with Crippen molar-refractivity contribution in [1.82, 2.24) is 10.2 Å². The number of imide groups is 2. The molecule has 0 spiro atoms. The fourth-order valence-electron chi connectivity index (χ4n) is 2.59. The lowest BCUT2D eigenvalue weighted by atomic mass is 10.1. The Labute approximate surface area is 120 Å². The number of likely N-dealkylation sites (N-methyl/N-ethyl adjacent to an activating group) is 1. The summed E-state index contributed by atoms with van der Waals surface area (Å²) in [5, 5.41) is 5.15. The zero-order chi connectivity index (χ0) is 15.1. The second-order valence-electron chi connectivity index (χ2n) is 4.92. The van der Waals surface area contributed by atoms with Gasteiger partial charge in [0.25, 0.3) is 17.7 Å². The van der Waals surface area contributed by atoms with Gasteiger partial charge in [-0.15, -0.1) is 0 Å². The molecule has 1 aromatic rings. The summed E-state index contributed by atoms with van der Waals surface area (Å²) in [7, 11) is 0. The Bertz CT molecular complexity index is 683. The average molecular weight is 287 g/mol. The van der Waals surface area contributed by atoms with Crippen molar-refractivity contribution in [2.45, 2.75) is 19.4 Å². The standard InChI is InChI=1S/C14H13N3O4/c1-2-17-11(18)6-10(14(17)21)15-7-3-4-8-9(5-7)13(20)16-12(8)19/h3-5,10,15H,2,6H2,1H3,(H,16,19,20). The second-order valence-corrected chi connectivity index (χ2v) is 4.92. The molecule has 2 aliphatic rings. The summed E-state index contributed by atoms with van der Waals surface area (Å²) in [6, 6.07) is 4.03. The van der Waals surface area contributed by atoms with E-state index in [9.17, 15) is 19.2 Å². The quantitative estimate of drug-likeness (QED) is 0.770. The first-order chi connectivity index (χ1) is 10.0. The van der Waals surface area contributed by atoms with Crippen molar-refractivity contribution < 1.29 is 19.2 Å². The summed E-state index contributed by atoms with van der Waals surface area (Å²) in [4.78, 5) is 47.9. The molecule has 0 aliphatic carbocycles. The lowest BCUT2D eigenvalue weighted by Crippen LogP contribution is -2.34. The summed E-state index contributed by atoms with van der Waals surface area (Å²) in [6.07, 6.45) is 0.0921. The third-order valence-electron chi connectivity index (χ3n) is 3.64. The van der Waals surface area contributed by atoms with Crippen LogP contribution in [0.25, 0.3) is 0 Å². The maximum atomic E-state index is 12.0. The van der Waals surface area contributed by atoms with Gasteiger partial charge in [0.1, 0.15) is 6.04 Å². The van der Waals surface area contributed by atoms with Crippen molar-refractivity contribution in [3.63, 3.8) is 0 Å². The van der Waals surface area contributed by atoms with Gasteiger partial charge in [-0.25, -0.2) is 0 Å². The van der Waals surface area contributed by atoms with Gasteiger partial charge in [-0.2, -0.15) is 0 Å². The Hall–Kier alpha value is -2.70. The third kappa shape index (κ3) is 2.06. The van der Waals surface area contributed by atoms with Crippen molar-refractivity contribution in [3.8, 4) is 0 Å². The average Bonchev–Trinajstić information content (AvgIpc) is 2.88. The highest BCUT2D eigenvalue weighted by Crippen LogP contribution is 2.23. The number of carbonyl (C=O) groups is 4. The molecule has 2 N–H and O–H groups in total. The van der Waals surface area contributed by atoms with Gasteiger partial charge in [-0.3, -0.25) is 29.4 Å². The van der Waals surface area contributed by atoms with Crippen LogP contribution in [0.2, 0.25) is 0 Å². The van der Waals surface area contributed by atoms with E-state index in [-0.39, 0.29) is 23.8 Å². The number of carbonyl (C=O) groups excluding carboxylic acids is 4. The zero-order valence-electron chi connectivity index (χ0n) is 11.3. The second kappa shape index (κ2) is 4.69. The summed E-state index contributed by atoms with van der Waals surface area (Å²) in [6.45, 7) is 2.08. The Balaban J connectivity index is 1.83. The summed E-state index contributed by atoms with van der Waals surface area (Å²) in [5.41, 5.74) is 1.12. The number of hydrogen-bond acceptors (Lipinski definition) is 5. The number of nitrogens with zero attached hydrogens (tertiary/aromatic N) is 1. The molecular formula is C14H13N3O4. The Morgan fingerprint density at radius 1 is 1.19 bits per heavy atom. The van der Waals surface area contributed by atoms with Crippen LogP contribution < -0.4 is 10.6 Å². The van der Waals surface area contributed by atoms with E-state index in [0.717, 1.165) is 0 Å². The molecule has 1 aromatic carbocycles. The number of likely N-dealkylation sites (tertiary alicyclic amines) is 1. The molecule has 2 aliphatic heterocycles. The molecule has 0 radical (unpaired) electrons. The smallest absolute Gasteiger partial charge is 0.259 e. The number of fused-ring (bicyclic) bond motifs is 1. The largest absolute Gasteiger partial charge is 0.373 e. The predicted molar refractivity (Wildman–Crippen MR) is 72.7 cm³/mol. The zero-order valence-corrected chi connectivity index (χ0v) is 11.3. The summed E-state index contributed by atoms with van der Waals surface area (Å²) < 4.78 is 0. The maximum absolute atomic E-state index is 12.0. The van der Waals surface area contributed by atoms with Crippen molar-refractivity contribution in [2.24, 2.45) is 0 Å². The monoisotopic (exact) mass is 287 g/mol. The number of amides is 4. The highest BCUT2D eigenvalue weighted by Gasteiger charge is 2.37. The molecule has 1 saturated heterocycles. The Morgan fingerprint density at radius 3 is 2.57 bits per heavy atom. The molecule has 1 unspecified atom stereocenters. The van der Waals surface area contributed by atoms with Crippen LogP contribution in [0.4, 0.5) is 5.69 Å². The number of anilines is 1. The van der Waals surface area contributed by atoms with Crippen LogP contribution in [0.1, 0.15) is 34.1 Å². The normalized spacial score (nSPS) is 20.8. The predicted octanol–water partition coefficient (Wildman–Crippen LogP) is 0.130. The highest BCUT2D eigenvalue weighted by atomic mass is 16.2. The van der Waals surface area contributed by atoms with Gasteiger partial charge < -0.3 is 5.32 Å². The SMILES string of the molecule is CCN1C(=O)CC(Nc2ccc3c(c2)C(=O)NC3=O)C1=O. The highest BCUT2D eigenvalue weighted by molar-refractivity contribution is 6.21. The molecule has 7 heteroatoms. The molecule has 108 valence electrons. The first-order valence-electron chi connectivity index (χ1n) is 6.61. The minimum atomic E-state index is -0.629. The van der Waals surface area contributed by atoms with Crippen molar-refractivity contribution in [2.75, 3.05) is 11.9 Å². The van der Waals surface area contributed by atoms with Crippen LogP contribution in [-0.2, 0) is 9.59 Å². The first kappa shape index (κ1) is 13.3. The molecule has 1 fully saturated rings. The van der Waals surface area contributed by atoms with Crippen LogP contribution >= 0.6 is 0 Å². The number of nitrogens with one attached hydrogen (secondary N) is 2. The molecule has 2 heterocycles. The number of hydrogen-bond donors (Lipinski definition) is 2. The molecule has 7 nitrogen and oxygen atoms in total. The van der Waals surface area contributed by atoms with Gasteiger partial charge in [0.05, 0.1) is 17.5 Å². The van der Waals surface area contributed by atoms with Crippen LogP contribution in [0.3, 0.4) is 0 Å². The number of rotatable bonds is 3. The number of benzene rings is 1. The van der Waals surface area contributed by atoms with E-state index in [0.29, 0.717) is 17.8 Å². The van der Waals surface area contributed by atoms with Crippen LogP contribution in [0, 0.1) is 0 Å². The molecular weight excluding hydrogens is 274 g/mol. The maximum Gasteiger partial charge on any atom is 0.259 e. The van der Waals surface area contributed by atoms with Crippen LogP contribution in [-0.4, -0.2) is 41.1 Å². The van der Waals surface area contributed by atoms with E-state index in [4.69, 9.17) is 0 Å². The van der Waals surface area contributed by atoms with E-state index in [1.54, 1.807) is 13.0 Å². The molecule has 0 aromatic heterocycles. The van der Waals surface area contributed by atoms with Gasteiger partial charge >= 0.3 is 0 Å².